The van der Waals surface area contributed by atoms with E-state index in [-0.39, 0.29) is 30.6 Å². The summed E-state index contributed by atoms with van der Waals surface area (Å²) < 4.78 is 10.2. The minimum atomic E-state index is -0.915. The largest absolute Gasteiger partial charge is 0.467 e. The first-order valence-electron chi connectivity index (χ1n) is 10.5. The van der Waals surface area contributed by atoms with Gasteiger partial charge in [-0.15, -0.1) is 0 Å². The molecule has 1 aliphatic heterocycles. The van der Waals surface area contributed by atoms with Gasteiger partial charge in [-0.3, -0.25) is 14.4 Å². The van der Waals surface area contributed by atoms with Crippen molar-refractivity contribution < 1.29 is 28.7 Å². The van der Waals surface area contributed by atoms with Crippen molar-refractivity contribution in [1.29, 1.82) is 0 Å². The van der Waals surface area contributed by atoms with Gasteiger partial charge < -0.3 is 20.1 Å². The fraction of sp³-hybridized carbons (Fsp3) is 0.810. The number of piperidine rings is 1. The van der Waals surface area contributed by atoms with Crippen molar-refractivity contribution in [3.8, 4) is 0 Å². The molecule has 1 saturated heterocycles. The van der Waals surface area contributed by atoms with Crippen LogP contribution in [0.2, 0.25) is 0 Å². The molecule has 1 saturated carbocycles. The van der Waals surface area contributed by atoms with Crippen molar-refractivity contribution in [2.45, 2.75) is 77.4 Å². The van der Waals surface area contributed by atoms with Gasteiger partial charge in [-0.1, -0.05) is 12.8 Å². The van der Waals surface area contributed by atoms with Crippen molar-refractivity contribution in [2.75, 3.05) is 13.7 Å². The predicted molar refractivity (Wildman–Crippen MR) is 106 cm³/mol. The third kappa shape index (κ3) is 8.03. The van der Waals surface area contributed by atoms with Crippen molar-refractivity contribution >= 4 is 23.8 Å². The molecule has 1 aliphatic carbocycles. The number of rotatable bonds is 9. The molecule has 2 rings (SSSR count). The summed E-state index contributed by atoms with van der Waals surface area (Å²) in [5.74, 6) is -1.98. The maximum Gasteiger partial charge on any atom is 0.328 e. The standard InChI is InChI=1S/C21H34N2O6/c1-21(2,3)29-17(24)12-15(10-13-7-8-13)19(26)23-16(20(27)28-4)11-14-6-5-9-22-18(14)25/h13-16H,5-12H2,1-4H3,(H,22,25)(H,23,26)/t14-,15+,16-/m0/s1. The number of esters is 2. The van der Waals surface area contributed by atoms with E-state index in [1.165, 1.54) is 7.11 Å². The molecule has 0 bridgehead atoms. The Bertz CT molecular complexity index is 623. The molecule has 2 amide bonds. The van der Waals surface area contributed by atoms with E-state index >= 15 is 0 Å². The molecule has 2 fully saturated rings. The number of hydrogen-bond donors (Lipinski definition) is 2. The van der Waals surface area contributed by atoms with Crippen molar-refractivity contribution in [3.05, 3.63) is 0 Å². The summed E-state index contributed by atoms with van der Waals surface area (Å²) in [6.07, 6.45) is 4.33. The van der Waals surface area contributed by atoms with Crippen LogP contribution >= 0.6 is 0 Å². The number of carbonyl (C=O) groups is 4. The van der Waals surface area contributed by atoms with Gasteiger partial charge in [-0.25, -0.2) is 4.79 Å². The molecule has 3 atom stereocenters. The highest BCUT2D eigenvalue weighted by molar-refractivity contribution is 5.89. The molecular formula is C21H34N2O6. The minimum absolute atomic E-state index is 0.0303. The average Bonchev–Trinajstić information content (AvgIpc) is 3.44. The zero-order chi connectivity index (χ0) is 21.6. The van der Waals surface area contributed by atoms with Crippen molar-refractivity contribution in [2.24, 2.45) is 17.8 Å². The van der Waals surface area contributed by atoms with Crippen LogP contribution in [0.3, 0.4) is 0 Å². The molecule has 8 heteroatoms. The first-order chi connectivity index (χ1) is 13.6. The molecular weight excluding hydrogens is 376 g/mol. The van der Waals surface area contributed by atoms with Crippen LogP contribution in [0.5, 0.6) is 0 Å². The van der Waals surface area contributed by atoms with E-state index in [1.54, 1.807) is 20.8 Å². The maximum absolute atomic E-state index is 12.9. The molecule has 0 aromatic carbocycles. The van der Waals surface area contributed by atoms with Gasteiger partial charge in [-0.2, -0.15) is 0 Å². The summed E-state index contributed by atoms with van der Waals surface area (Å²) in [7, 11) is 1.25. The molecule has 2 N–H and O–H groups in total. The first-order valence-corrected chi connectivity index (χ1v) is 10.5. The highest BCUT2D eigenvalue weighted by Gasteiger charge is 2.36. The van der Waals surface area contributed by atoms with E-state index in [2.05, 4.69) is 10.6 Å². The Morgan fingerprint density at radius 1 is 1.17 bits per heavy atom. The Morgan fingerprint density at radius 3 is 2.41 bits per heavy atom. The number of nitrogens with one attached hydrogen (secondary N) is 2. The zero-order valence-electron chi connectivity index (χ0n) is 17.9. The third-order valence-electron chi connectivity index (χ3n) is 5.24. The van der Waals surface area contributed by atoms with Gasteiger partial charge >= 0.3 is 11.9 Å². The van der Waals surface area contributed by atoms with Crippen LogP contribution in [-0.2, 0) is 28.7 Å². The lowest BCUT2D eigenvalue weighted by Crippen LogP contribution is -2.48. The van der Waals surface area contributed by atoms with Crippen LogP contribution in [0.4, 0.5) is 0 Å². The molecule has 8 nitrogen and oxygen atoms in total. The summed E-state index contributed by atoms with van der Waals surface area (Å²) in [5, 5.41) is 5.52. The van der Waals surface area contributed by atoms with Crippen LogP contribution in [0, 0.1) is 17.8 Å². The van der Waals surface area contributed by atoms with Gasteiger partial charge in [0.15, 0.2) is 0 Å². The quantitative estimate of drug-likeness (QED) is 0.560. The number of methoxy groups -OCH3 is 1. The number of amides is 2. The number of ether oxygens (including phenoxy) is 2. The average molecular weight is 411 g/mol. The van der Waals surface area contributed by atoms with E-state index in [1.807, 2.05) is 0 Å². The second-order valence-corrected chi connectivity index (χ2v) is 9.12. The lowest BCUT2D eigenvalue weighted by molar-refractivity contribution is -0.157. The topological polar surface area (TPSA) is 111 Å². The second kappa shape index (κ2) is 10.1. The zero-order valence-corrected chi connectivity index (χ0v) is 17.9. The predicted octanol–water partition coefficient (Wildman–Crippen LogP) is 1.71. The molecule has 0 radical (unpaired) electrons. The minimum Gasteiger partial charge on any atom is -0.467 e. The van der Waals surface area contributed by atoms with E-state index in [4.69, 9.17) is 9.47 Å². The Kier molecular flexibility index (Phi) is 8.05. The van der Waals surface area contributed by atoms with E-state index in [9.17, 15) is 19.2 Å². The Morgan fingerprint density at radius 2 is 1.86 bits per heavy atom. The monoisotopic (exact) mass is 410 g/mol. The van der Waals surface area contributed by atoms with Gasteiger partial charge in [-0.05, 0) is 52.4 Å². The molecule has 0 unspecified atom stereocenters. The molecule has 1 heterocycles. The number of hydrogen-bond acceptors (Lipinski definition) is 6. The Hall–Kier alpha value is -2.12. The maximum atomic E-state index is 12.9. The summed E-state index contributed by atoms with van der Waals surface area (Å²) >= 11 is 0. The highest BCUT2D eigenvalue weighted by Crippen LogP contribution is 2.36. The van der Waals surface area contributed by atoms with Crippen molar-refractivity contribution in [1.82, 2.24) is 10.6 Å². The van der Waals surface area contributed by atoms with Crippen LogP contribution in [0.25, 0.3) is 0 Å². The van der Waals surface area contributed by atoms with Crippen molar-refractivity contribution in [3.63, 3.8) is 0 Å². The van der Waals surface area contributed by atoms with Crippen LogP contribution in [0.1, 0.15) is 65.7 Å². The fourth-order valence-electron chi connectivity index (χ4n) is 3.61. The number of carbonyl (C=O) groups excluding carboxylic acids is 4. The normalized spacial score (nSPS) is 21.5. The SMILES string of the molecule is COC(=O)[C@H](C[C@@H]1CCCNC1=O)NC(=O)[C@@H](CC(=O)OC(C)(C)C)CC1CC1. The lowest BCUT2D eigenvalue weighted by atomic mass is 9.90. The Labute approximate surface area is 172 Å². The fourth-order valence-corrected chi connectivity index (χ4v) is 3.61. The van der Waals surface area contributed by atoms with Gasteiger partial charge in [0, 0.05) is 18.4 Å². The molecule has 0 spiro atoms. The summed E-state index contributed by atoms with van der Waals surface area (Å²) in [6.45, 7) is 5.97. The molecule has 164 valence electrons. The molecule has 2 aliphatic rings. The van der Waals surface area contributed by atoms with Gasteiger partial charge in [0.25, 0.3) is 0 Å². The van der Waals surface area contributed by atoms with Gasteiger partial charge in [0.2, 0.25) is 11.8 Å². The smallest absolute Gasteiger partial charge is 0.328 e. The summed E-state index contributed by atoms with van der Waals surface area (Å²) in [5.41, 5.74) is -0.624. The highest BCUT2D eigenvalue weighted by atomic mass is 16.6. The summed E-state index contributed by atoms with van der Waals surface area (Å²) in [4.78, 5) is 49.5. The second-order valence-electron chi connectivity index (χ2n) is 9.12. The van der Waals surface area contributed by atoms with E-state index in [0.29, 0.717) is 25.3 Å². The first kappa shape index (κ1) is 23.2. The lowest BCUT2D eigenvalue weighted by Gasteiger charge is -2.27. The molecule has 29 heavy (non-hydrogen) atoms. The third-order valence-corrected chi connectivity index (χ3v) is 5.24. The van der Waals surface area contributed by atoms with E-state index in [0.717, 1.165) is 19.3 Å². The molecule has 0 aromatic heterocycles. The Balaban J connectivity index is 2.02. The van der Waals surface area contributed by atoms with E-state index < -0.39 is 29.5 Å². The summed E-state index contributed by atoms with van der Waals surface area (Å²) in [6, 6.07) is -0.915. The van der Waals surface area contributed by atoms with Gasteiger partial charge in [0.1, 0.15) is 11.6 Å². The molecule has 0 aromatic rings. The van der Waals surface area contributed by atoms with Gasteiger partial charge in [0.05, 0.1) is 13.5 Å². The van der Waals surface area contributed by atoms with Crippen LogP contribution in [0.15, 0.2) is 0 Å². The van der Waals surface area contributed by atoms with Crippen LogP contribution in [-0.4, -0.2) is 49.1 Å². The van der Waals surface area contributed by atoms with Crippen LogP contribution < -0.4 is 10.6 Å².